The van der Waals surface area contributed by atoms with Crippen LogP contribution in [0.4, 0.5) is 13.2 Å². The third-order valence-electron chi connectivity index (χ3n) is 2.37. The molecule has 0 fully saturated rings. The highest BCUT2D eigenvalue weighted by atomic mass is 79.9. The lowest BCUT2D eigenvalue weighted by Gasteiger charge is -2.28. The third kappa shape index (κ3) is 4.64. The molecule has 0 aromatic carbocycles. The molecule has 1 nitrogen and oxygen atoms in total. The van der Waals surface area contributed by atoms with Crippen LogP contribution in [0.5, 0.6) is 0 Å². The van der Waals surface area contributed by atoms with Gasteiger partial charge in [-0.05, 0) is 19.9 Å². The first-order chi connectivity index (χ1) is 6.32. The van der Waals surface area contributed by atoms with Crippen molar-refractivity contribution in [1.29, 1.82) is 0 Å². The molecule has 86 valence electrons. The molecule has 0 radical (unpaired) electrons. The van der Waals surface area contributed by atoms with Crippen molar-refractivity contribution < 1.29 is 13.2 Å². The fraction of sp³-hybridized carbons (Fsp3) is 1.00. The Bertz CT molecular complexity index is 157. The Morgan fingerprint density at radius 3 is 1.93 bits per heavy atom. The van der Waals surface area contributed by atoms with Crippen LogP contribution in [0.25, 0.3) is 0 Å². The number of nitrogens with zero attached hydrogens (tertiary/aromatic N) is 1. The average Bonchev–Trinajstić information content (AvgIpc) is 2.04. The normalized spacial score (nSPS) is 15.2. The van der Waals surface area contributed by atoms with Gasteiger partial charge in [0.05, 0.1) is 0 Å². The zero-order valence-corrected chi connectivity index (χ0v) is 10.3. The summed E-state index contributed by atoms with van der Waals surface area (Å²) >= 11 is 2.66. The second-order valence-electron chi connectivity index (χ2n) is 3.42. The van der Waals surface area contributed by atoms with Gasteiger partial charge in [-0.15, -0.1) is 0 Å². The Kier molecular flexibility index (Phi) is 6.05. The summed E-state index contributed by atoms with van der Waals surface area (Å²) in [6.45, 7) is 3.98. The van der Waals surface area contributed by atoms with E-state index in [4.69, 9.17) is 0 Å². The first kappa shape index (κ1) is 14.2. The molecule has 0 bridgehead atoms. The van der Waals surface area contributed by atoms with E-state index in [1.807, 2.05) is 13.8 Å². The first-order valence-corrected chi connectivity index (χ1v) is 5.65. The van der Waals surface area contributed by atoms with Crippen molar-refractivity contribution in [2.24, 2.45) is 0 Å². The van der Waals surface area contributed by atoms with E-state index in [1.54, 1.807) is 11.9 Å². The molecule has 0 aliphatic rings. The van der Waals surface area contributed by atoms with E-state index in [-0.39, 0.29) is 12.6 Å². The van der Waals surface area contributed by atoms with Crippen LogP contribution in [0.1, 0.15) is 26.7 Å². The maximum absolute atomic E-state index is 12.2. The first-order valence-electron chi connectivity index (χ1n) is 4.73. The van der Waals surface area contributed by atoms with E-state index in [1.165, 1.54) is 0 Å². The Balaban J connectivity index is 4.10. The predicted molar refractivity (Wildman–Crippen MR) is 55.8 cm³/mol. The maximum atomic E-state index is 12.2. The van der Waals surface area contributed by atoms with E-state index in [2.05, 4.69) is 15.9 Å². The van der Waals surface area contributed by atoms with Gasteiger partial charge in [0.25, 0.3) is 0 Å². The molecule has 0 aliphatic heterocycles. The standard InChI is InChI=1S/C9H17BrF3N/c1-4-7(5-2)14(3)6-8(10)9(11,12)13/h7-8H,4-6H2,1-3H3. The van der Waals surface area contributed by atoms with Gasteiger partial charge in [-0.1, -0.05) is 29.8 Å². The molecule has 0 aromatic heterocycles. The highest BCUT2D eigenvalue weighted by molar-refractivity contribution is 9.09. The minimum atomic E-state index is -4.15. The Labute approximate surface area is 91.8 Å². The second kappa shape index (κ2) is 5.95. The molecule has 0 saturated heterocycles. The quantitative estimate of drug-likeness (QED) is 0.695. The summed E-state index contributed by atoms with van der Waals surface area (Å²) in [5.41, 5.74) is 0. The van der Waals surface area contributed by atoms with Crippen molar-refractivity contribution >= 4 is 15.9 Å². The third-order valence-corrected chi connectivity index (χ3v) is 3.18. The molecule has 5 heteroatoms. The second-order valence-corrected chi connectivity index (χ2v) is 4.52. The van der Waals surface area contributed by atoms with E-state index in [0.29, 0.717) is 0 Å². The van der Waals surface area contributed by atoms with Crippen LogP contribution < -0.4 is 0 Å². The molecular weight excluding hydrogens is 259 g/mol. The van der Waals surface area contributed by atoms with Crippen molar-refractivity contribution in [3.05, 3.63) is 0 Å². The van der Waals surface area contributed by atoms with Crippen LogP contribution in [0.15, 0.2) is 0 Å². The Hall–Kier alpha value is 0.230. The Morgan fingerprint density at radius 1 is 1.21 bits per heavy atom. The number of rotatable bonds is 5. The zero-order chi connectivity index (χ0) is 11.4. The molecule has 0 heterocycles. The van der Waals surface area contributed by atoms with E-state index in [0.717, 1.165) is 12.8 Å². The van der Waals surface area contributed by atoms with Gasteiger partial charge < -0.3 is 4.90 Å². The van der Waals surface area contributed by atoms with Gasteiger partial charge in [-0.2, -0.15) is 13.2 Å². The maximum Gasteiger partial charge on any atom is 0.402 e. The lowest BCUT2D eigenvalue weighted by Crippen LogP contribution is -2.40. The van der Waals surface area contributed by atoms with Crippen LogP contribution >= 0.6 is 15.9 Å². The van der Waals surface area contributed by atoms with Gasteiger partial charge in [0.2, 0.25) is 0 Å². The number of hydrogen-bond donors (Lipinski definition) is 0. The van der Waals surface area contributed by atoms with Crippen LogP contribution in [-0.2, 0) is 0 Å². The molecule has 1 unspecified atom stereocenters. The van der Waals surface area contributed by atoms with Crippen molar-refractivity contribution in [1.82, 2.24) is 4.90 Å². The fourth-order valence-electron chi connectivity index (χ4n) is 1.42. The highest BCUT2D eigenvalue weighted by Gasteiger charge is 2.38. The highest BCUT2D eigenvalue weighted by Crippen LogP contribution is 2.27. The van der Waals surface area contributed by atoms with Crippen molar-refractivity contribution in [2.75, 3.05) is 13.6 Å². The molecule has 0 saturated carbocycles. The van der Waals surface area contributed by atoms with E-state index >= 15 is 0 Å². The zero-order valence-electron chi connectivity index (χ0n) is 8.74. The number of alkyl halides is 4. The van der Waals surface area contributed by atoms with Gasteiger partial charge in [0.1, 0.15) is 4.83 Å². The largest absolute Gasteiger partial charge is 0.402 e. The molecule has 0 rings (SSSR count). The van der Waals surface area contributed by atoms with Gasteiger partial charge in [-0.3, -0.25) is 0 Å². The number of hydrogen-bond acceptors (Lipinski definition) is 1. The lowest BCUT2D eigenvalue weighted by atomic mass is 10.1. The van der Waals surface area contributed by atoms with Crippen molar-refractivity contribution in [3.63, 3.8) is 0 Å². The van der Waals surface area contributed by atoms with Gasteiger partial charge in [0.15, 0.2) is 0 Å². The summed E-state index contributed by atoms with van der Waals surface area (Å²) in [6.07, 6.45) is -2.39. The van der Waals surface area contributed by atoms with Crippen LogP contribution in [0, 0.1) is 0 Å². The molecule has 14 heavy (non-hydrogen) atoms. The van der Waals surface area contributed by atoms with Crippen molar-refractivity contribution in [3.8, 4) is 0 Å². The van der Waals surface area contributed by atoms with Gasteiger partial charge in [-0.25, -0.2) is 0 Å². The van der Waals surface area contributed by atoms with Crippen LogP contribution in [0.2, 0.25) is 0 Å². The van der Waals surface area contributed by atoms with Gasteiger partial charge in [0, 0.05) is 12.6 Å². The fourth-order valence-corrected chi connectivity index (χ4v) is 1.87. The minimum absolute atomic E-state index is 0.00977. The van der Waals surface area contributed by atoms with Gasteiger partial charge >= 0.3 is 6.18 Å². The molecule has 0 aromatic rings. The lowest BCUT2D eigenvalue weighted by molar-refractivity contribution is -0.130. The van der Waals surface area contributed by atoms with Crippen molar-refractivity contribution in [2.45, 2.75) is 43.7 Å². The topological polar surface area (TPSA) is 3.24 Å². The molecule has 1 atom stereocenters. The van der Waals surface area contributed by atoms with E-state index < -0.39 is 11.0 Å². The average molecular weight is 276 g/mol. The summed E-state index contributed by atoms with van der Waals surface area (Å²) in [6, 6.07) is 0.234. The van der Waals surface area contributed by atoms with Crippen LogP contribution in [0.3, 0.4) is 0 Å². The summed E-state index contributed by atoms with van der Waals surface area (Å²) in [5.74, 6) is 0. The summed E-state index contributed by atoms with van der Waals surface area (Å²) in [7, 11) is 1.73. The molecule has 0 aliphatic carbocycles. The SMILES string of the molecule is CCC(CC)N(C)CC(Br)C(F)(F)F. The predicted octanol–water partition coefficient (Wildman–Crippen LogP) is 3.43. The molecule has 0 N–H and O–H groups in total. The molecule has 0 amide bonds. The Morgan fingerprint density at radius 2 is 1.64 bits per heavy atom. The smallest absolute Gasteiger partial charge is 0.302 e. The van der Waals surface area contributed by atoms with Crippen LogP contribution in [-0.4, -0.2) is 35.5 Å². The summed E-state index contributed by atoms with van der Waals surface area (Å²) in [4.78, 5) is 0.327. The molecule has 0 spiro atoms. The monoisotopic (exact) mass is 275 g/mol. The summed E-state index contributed by atoms with van der Waals surface area (Å²) < 4.78 is 36.6. The summed E-state index contributed by atoms with van der Waals surface area (Å²) in [5, 5.41) is 0. The van der Waals surface area contributed by atoms with E-state index in [9.17, 15) is 13.2 Å². The number of halogens is 4. The minimum Gasteiger partial charge on any atom is -0.302 e. The molecular formula is C9H17BrF3N.